The molecular formula is C23H21N5O. The van der Waals surface area contributed by atoms with Crippen LogP contribution in [-0.2, 0) is 13.2 Å². The van der Waals surface area contributed by atoms with Crippen LogP contribution in [0, 0.1) is 0 Å². The Morgan fingerprint density at radius 2 is 1.76 bits per heavy atom. The van der Waals surface area contributed by atoms with E-state index in [9.17, 15) is 5.11 Å². The largest absolute Gasteiger partial charge is 0.390 e. The lowest BCUT2D eigenvalue weighted by atomic mass is 10.1. The van der Waals surface area contributed by atoms with Crippen molar-refractivity contribution in [2.24, 2.45) is 0 Å². The summed E-state index contributed by atoms with van der Waals surface area (Å²) in [5.41, 5.74) is 6.11. The molecule has 0 radical (unpaired) electrons. The first-order valence-corrected chi connectivity index (χ1v) is 9.52. The van der Waals surface area contributed by atoms with Gasteiger partial charge in [-0.2, -0.15) is 0 Å². The number of hydrogen-bond acceptors (Lipinski definition) is 4. The molecule has 0 bridgehead atoms. The first kappa shape index (κ1) is 17.3. The van der Waals surface area contributed by atoms with Gasteiger partial charge in [-0.05, 0) is 59.5 Å². The predicted octanol–water partition coefficient (Wildman–Crippen LogP) is 4.89. The number of aromatic nitrogens is 3. The van der Waals surface area contributed by atoms with E-state index in [1.54, 1.807) is 6.20 Å². The number of fused-ring (bicyclic) bond motifs is 2. The molecule has 0 fully saturated rings. The Bertz CT molecular complexity index is 1290. The number of pyridine rings is 1. The van der Waals surface area contributed by atoms with Crippen LogP contribution in [0.2, 0.25) is 0 Å². The van der Waals surface area contributed by atoms with Gasteiger partial charge < -0.3 is 25.7 Å². The molecule has 0 amide bonds. The Balaban J connectivity index is 1.30. The fourth-order valence-corrected chi connectivity index (χ4v) is 3.53. The number of benzene rings is 2. The van der Waals surface area contributed by atoms with Gasteiger partial charge in [-0.1, -0.05) is 6.07 Å². The standard InChI is InChI=1S/C23H21N5O/c29-14-20-11-17-10-18(2-4-22(17)28-20)27-19-6-8-25-23(12-19)26-13-15-1-3-21-16(9-15)5-7-24-21/h1-12,24,28-29H,13-14H2,(H2,25,26,27). The molecule has 0 saturated heterocycles. The smallest absolute Gasteiger partial charge is 0.128 e. The van der Waals surface area contributed by atoms with Crippen molar-refractivity contribution in [3.63, 3.8) is 0 Å². The highest BCUT2D eigenvalue weighted by Gasteiger charge is 2.04. The summed E-state index contributed by atoms with van der Waals surface area (Å²) in [7, 11) is 0. The maximum atomic E-state index is 9.29. The van der Waals surface area contributed by atoms with Crippen LogP contribution in [-0.4, -0.2) is 20.1 Å². The molecule has 3 aromatic heterocycles. The molecule has 5 rings (SSSR count). The van der Waals surface area contributed by atoms with E-state index in [1.165, 1.54) is 10.9 Å². The summed E-state index contributed by atoms with van der Waals surface area (Å²) >= 11 is 0. The summed E-state index contributed by atoms with van der Waals surface area (Å²) in [5.74, 6) is 0.814. The lowest BCUT2D eigenvalue weighted by Gasteiger charge is -2.10. The maximum Gasteiger partial charge on any atom is 0.128 e. The fraction of sp³-hybridized carbons (Fsp3) is 0.0870. The second-order valence-electron chi connectivity index (χ2n) is 7.06. The number of anilines is 3. The summed E-state index contributed by atoms with van der Waals surface area (Å²) in [6.45, 7) is 0.713. The minimum atomic E-state index is 0.00778. The van der Waals surface area contributed by atoms with Gasteiger partial charge in [0.25, 0.3) is 0 Å². The molecule has 0 atom stereocenters. The molecule has 2 aromatic carbocycles. The van der Waals surface area contributed by atoms with Crippen molar-refractivity contribution in [3.05, 3.63) is 84.3 Å². The number of nitrogens with one attached hydrogen (secondary N) is 4. The van der Waals surface area contributed by atoms with Crippen LogP contribution >= 0.6 is 0 Å². The van der Waals surface area contributed by atoms with Crippen LogP contribution in [0.15, 0.2) is 73.1 Å². The first-order valence-electron chi connectivity index (χ1n) is 9.52. The van der Waals surface area contributed by atoms with Crippen molar-refractivity contribution in [2.45, 2.75) is 13.2 Å². The Morgan fingerprint density at radius 1 is 0.862 bits per heavy atom. The zero-order chi connectivity index (χ0) is 19.6. The highest BCUT2D eigenvalue weighted by Crippen LogP contribution is 2.24. The molecule has 144 valence electrons. The molecule has 0 saturated carbocycles. The van der Waals surface area contributed by atoms with Crippen LogP contribution < -0.4 is 10.6 Å². The Kier molecular flexibility index (Phi) is 4.38. The van der Waals surface area contributed by atoms with Crippen LogP contribution in [0.5, 0.6) is 0 Å². The Labute approximate surface area is 167 Å². The van der Waals surface area contributed by atoms with Gasteiger partial charge in [0.2, 0.25) is 0 Å². The number of aliphatic hydroxyl groups is 1. The Hall–Kier alpha value is -3.77. The van der Waals surface area contributed by atoms with E-state index in [-0.39, 0.29) is 6.61 Å². The lowest BCUT2D eigenvalue weighted by molar-refractivity contribution is 0.278. The fourth-order valence-electron chi connectivity index (χ4n) is 3.53. The van der Waals surface area contributed by atoms with E-state index < -0.39 is 0 Å². The first-order chi connectivity index (χ1) is 14.3. The van der Waals surface area contributed by atoms with Gasteiger partial charge in [0.05, 0.1) is 6.61 Å². The van der Waals surface area contributed by atoms with Crippen LogP contribution in [0.3, 0.4) is 0 Å². The highest BCUT2D eigenvalue weighted by molar-refractivity contribution is 5.85. The van der Waals surface area contributed by atoms with Gasteiger partial charge in [0.1, 0.15) is 5.82 Å². The van der Waals surface area contributed by atoms with Crippen molar-refractivity contribution in [3.8, 4) is 0 Å². The molecule has 0 aliphatic rings. The molecule has 0 aliphatic carbocycles. The van der Waals surface area contributed by atoms with E-state index in [4.69, 9.17) is 0 Å². The number of aliphatic hydroxyl groups excluding tert-OH is 1. The zero-order valence-electron chi connectivity index (χ0n) is 15.7. The van der Waals surface area contributed by atoms with Gasteiger partial charge in [0, 0.05) is 58.5 Å². The SMILES string of the molecule is OCc1cc2cc(Nc3ccnc(NCc4ccc5[nH]ccc5c4)c3)ccc2[nH]1. The van der Waals surface area contributed by atoms with Gasteiger partial charge in [-0.3, -0.25) is 0 Å². The molecule has 29 heavy (non-hydrogen) atoms. The molecule has 6 nitrogen and oxygen atoms in total. The van der Waals surface area contributed by atoms with Crippen molar-refractivity contribution >= 4 is 39.0 Å². The average molecular weight is 383 g/mol. The minimum Gasteiger partial charge on any atom is -0.390 e. The number of H-pyrrole nitrogens is 2. The molecule has 6 heteroatoms. The number of hydrogen-bond donors (Lipinski definition) is 5. The quantitative estimate of drug-likeness (QED) is 0.289. The average Bonchev–Trinajstić information content (AvgIpc) is 3.38. The summed E-state index contributed by atoms with van der Waals surface area (Å²) < 4.78 is 0. The molecule has 0 aliphatic heterocycles. The second kappa shape index (κ2) is 7.33. The molecule has 5 N–H and O–H groups in total. The van der Waals surface area contributed by atoms with Crippen LogP contribution in [0.4, 0.5) is 17.2 Å². The predicted molar refractivity (Wildman–Crippen MR) is 117 cm³/mol. The number of nitrogens with zero attached hydrogens (tertiary/aromatic N) is 1. The topological polar surface area (TPSA) is 88.8 Å². The van der Waals surface area contributed by atoms with E-state index in [2.05, 4.69) is 55.9 Å². The van der Waals surface area contributed by atoms with Crippen molar-refractivity contribution in [1.29, 1.82) is 0 Å². The highest BCUT2D eigenvalue weighted by atomic mass is 16.3. The van der Waals surface area contributed by atoms with Crippen LogP contribution in [0.1, 0.15) is 11.3 Å². The van der Waals surface area contributed by atoms with E-state index in [0.717, 1.165) is 39.3 Å². The van der Waals surface area contributed by atoms with Gasteiger partial charge in [0.15, 0.2) is 0 Å². The third-order valence-electron chi connectivity index (χ3n) is 4.99. The Morgan fingerprint density at radius 3 is 2.69 bits per heavy atom. The maximum absolute atomic E-state index is 9.29. The number of rotatable bonds is 6. The monoisotopic (exact) mass is 383 g/mol. The second-order valence-corrected chi connectivity index (χ2v) is 7.06. The zero-order valence-corrected chi connectivity index (χ0v) is 15.7. The molecule has 0 spiro atoms. The third-order valence-corrected chi connectivity index (χ3v) is 4.99. The lowest BCUT2D eigenvalue weighted by Crippen LogP contribution is -2.02. The molecule has 3 heterocycles. The number of aromatic amines is 2. The van der Waals surface area contributed by atoms with Gasteiger partial charge >= 0.3 is 0 Å². The normalized spacial score (nSPS) is 11.2. The van der Waals surface area contributed by atoms with Crippen molar-refractivity contribution < 1.29 is 5.11 Å². The summed E-state index contributed by atoms with van der Waals surface area (Å²) in [4.78, 5) is 10.8. The van der Waals surface area contributed by atoms with Gasteiger partial charge in [-0.25, -0.2) is 4.98 Å². The summed E-state index contributed by atoms with van der Waals surface area (Å²) in [5, 5.41) is 18.4. The van der Waals surface area contributed by atoms with E-state index in [0.29, 0.717) is 6.54 Å². The summed E-state index contributed by atoms with van der Waals surface area (Å²) in [6, 6.07) is 20.4. The van der Waals surface area contributed by atoms with Crippen molar-refractivity contribution in [1.82, 2.24) is 15.0 Å². The van der Waals surface area contributed by atoms with Gasteiger partial charge in [-0.15, -0.1) is 0 Å². The molecule has 0 unspecified atom stereocenters. The van der Waals surface area contributed by atoms with E-state index in [1.807, 2.05) is 36.5 Å². The molecule has 5 aromatic rings. The van der Waals surface area contributed by atoms with E-state index >= 15 is 0 Å². The minimum absolute atomic E-state index is 0.00778. The summed E-state index contributed by atoms with van der Waals surface area (Å²) in [6.07, 6.45) is 3.74. The third kappa shape index (κ3) is 3.66. The van der Waals surface area contributed by atoms with Crippen molar-refractivity contribution in [2.75, 3.05) is 10.6 Å². The van der Waals surface area contributed by atoms with Crippen LogP contribution in [0.25, 0.3) is 21.8 Å². The molecular weight excluding hydrogens is 362 g/mol.